The first kappa shape index (κ1) is 13.7. The van der Waals surface area contributed by atoms with Crippen LogP contribution in [-0.4, -0.2) is 31.3 Å². The minimum absolute atomic E-state index is 0.624. The van der Waals surface area contributed by atoms with E-state index in [1.54, 1.807) is 7.11 Å². The molecule has 0 amide bonds. The molecule has 94 valence electrons. The Morgan fingerprint density at radius 3 is 2.59 bits per heavy atom. The van der Waals surface area contributed by atoms with Crippen molar-refractivity contribution in [3.63, 3.8) is 0 Å². The van der Waals surface area contributed by atoms with Gasteiger partial charge in [-0.25, -0.2) is 0 Å². The number of rotatable bonds is 7. The normalized spacial score (nSPS) is 12.4. The van der Waals surface area contributed by atoms with E-state index in [0.717, 1.165) is 17.5 Å². The van der Waals surface area contributed by atoms with Crippen LogP contribution >= 0.6 is 0 Å². The SMILES string of the molecule is COCCCNC(C(=O)O)c1ccc(C)cc1. The molecule has 1 aromatic rings. The Morgan fingerprint density at radius 2 is 2.06 bits per heavy atom. The van der Waals surface area contributed by atoms with Crippen LogP contribution in [0.5, 0.6) is 0 Å². The Morgan fingerprint density at radius 1 is 1.41 bits per heavy atom. The smallest absolute Gasteiger partial charge is 0.325 e. The van der Waals surface area contributed by atoms with Gasteiger partial charge in [-0.05, 0) is 25.5 Å². The molecule has 0 aromatic heterocycles. The Kier molecular flexibility index (Phi) is 5.66. The molecule has 0 saturated carbocycles. The highest BCUT2D eigenvalue weighted by Crippen LogP contribution is 2.14. The van der Waals surface area contributed by atoms with Gasteiger partial charge >= 0.3 is 5.97 Å². The van der Waals surface area contributed by atoms with E-state index in [1.165, 1.54) is 0 Å². The minimum Gasteiger partial charge on any atom is -0.480 e. The molecule has 1 rings (SSSR count). The number of aryl methyl sites for hydroxylation is 1. The number of benzene rings is 1. The van der Waals surface area contributed by atoms with Crippen molar-refractivity contribution in [2.24, 2.45) is 0 Å². The Balaban J connectivity index is 2.59. The number of carboxylic acid groups (broad SMARTS) is 1. The number of nitrogens with one attached hydrogen (secondary N) is 1. The highest BCUT2D eigenvalue weighted by molar-refractivity contribution is 5.75. The molecule has 0 fully saturated rings. The second-order valence-corrected chi connectivity index (χ2v) is 3.98. The van der Waals surface area contributed by atoms with Crippen LogP contribution in [0.1, 0.15) is 23.6 Å². The third-order valence-corrected chi connectivity index (χ3v) is 2.53. The Labute approximate surface area is 102 Å². The number of carbonyl (C=O) groups is 1. The van der Waals surface area contributed by atoms with Gasteiger partial charge in [-0.2, -0.15) is 0 Å². The van der Waals surface area contributed by atoms with Crippen molar-refractivity contribution in [1.82, 2.24) is 5.32 Å². The third kappa shape index (κ3) is 4.54. The first-order chi connectivity index (χ1) is 8.15. The lowest BCUT2D eigenvalue weighted by atomic mass is 10.1. The summed E-state index contributed by atoms with van der Waals surface area (Å²) in [7, 11) is 1.63. The summed E-state index contributed by atoms with van der Waals surface area (Å²) in [4.78, 5) is 11.2. The molecule has 0 bridgehead atoms. The zero-order valence-corrected chi connectivity index (χ0v) is 10.3. The standard InChI is InChI=1S/C13H19NO3/c1-10-4-6-11(7-5-10)12(13(15)16)14-8-3-9-17-2/h4-7,12,14H,3,8-9H2,1-2H3,(H,15,16). The summed E-state index contributed by atoms with van der Waals surface area (Å²) in [6.45, 7) is 3.23. The topological polar surface area (TPSA) is 58.6 Å². The molecule has 1 aromatic carbocycles. The van der Waals surface area contributed by atoms with Crippen molar-refractivity contribution in [1.29, 1.82) is 0 Å². The summed E-state index contributed by atoms with van der Waals surface area (Å²) in [6.07, 6.45) is 0.798. The van der Waals surface area contributed by atoms with E-state index in [2.05, 4.69) is 5.32 Å². The average Bonchev–Trinajstić information content (AvgIpc) is 2.30. The van der Waals surface area contributed by atoms with Gasteiger partial charge in [0.2, 0.25) is 0 Å². The largest absolute Gasteiger partial charge is 0.480 e. The van der Waals surface area contributed by atoms with Gasteiger partial charge in [-0.3, -0.25) is 4.79 Å². The summed E-state index contributed by atoms with van der Waals surface area (Å²) in [5.41, 5.74) is 1.90. The maximum Gasteiger partial charge on any atom is 0.325 e. The Hall–Kier alpha value is -1.39. The predicted octanol–water partition coefficient (Wildman–Crippen LogP) is 1.75. The second-order valence-electron chi connectivity index (χ2n) is 3.98. The average molecular weight is 237 g/mol. The van der Waals surface area contributed by atoms with Crippen LogP contribution in [-0.2, 0) is 9.53 Å². The van der Waals surface area contributed by atoms with Crippen LogP contribution in [0.3, 0.4) is 0 Å². The van der Waals surface area contributed by atoms with Crippen LogP contribution in [0.2, 0.25) is 0 Å². The zero-order valence-electron chi connectivity index (χ0n) is 10.3. The number of hydrogen-bond donors (Lipinski definition) is 2. The fraction of sp³-hybridized carbons (Fsp3) is 0.462. The van der Waals surface area contributed by atoms with Gasteiger partial charge in [0.1, 0.15) is 6.04 Å². The van der Waals surface area contributed by atoms with Gasteiger partial charge in [-0.1, -0.05) is 29.8 Å². The molecule has 0 aliphatic heterocycles. The van der Waals surface area contributed by atoms with Gasteiger partial charge in [0.05, 0.1) is 0 Å². The molecule has 0 saturated heterocycles. The van der Waals surface area contributed by atoms with Gasteiger partial charge in [0.25, 0.3) is 0 Å². The summed E-state index contributed by atoms with van der Waals surface area (Å²) < 4.78 is 4.92. The number of methoxy groups -OCH3 is 1. The highest BCUT2D eigenvalue weighted by atomic mass is 16.5. The maximum atomic E-state index is 11.2. The minimum atomic E-state index is -0.855. The van der Waals surface area contributed by atoms with Gasteiger partial charge < -0.3 is 15.2 Å². The quantitative estimate of drug-likeness (QED) is 0.709. The molecule has 1 atom stereocenters. The summed E-state index contributed by atoms with van der Waals surface area (Å²) in [5, 5.41) is 12.2. The summed E-state index contributed by atoms with van der Waals surface area (Å²) in [5.74, 6) is -0.855. The molecular weight excluding hydrogens is 218 g/mol. The van der Waals surface area contributed by atoms with Crippen molar-refractivity contribution >= 4 is 5.97 Å². The van der Waals surface area contributed by atoms with Crippen LogP contribution in [0, 0.1) is 6.92 Å². The van der Waals surface area contributed by atoms with E-state index >= 15 is 0 Å². The van der Waals surface area contributed by atoms with Gasteiger partial charge in [-0.15, -0.1) is 0 Å². The number of ether oxygens (including phenoxy) is 1. The van der Waals surface area contributed by atoms with Crippen molar-refractivity contribution in [3.8, 4) is 0 Å². The zero-order chi connectivity index (χ0) is 12.7. The first-order valence-electron chi connectivity index (χ1n) is 5.67. The molecule has 0 aliphatic rings. The molecule has 17 heavy (non-hydrogen) atoms. The van der Waals surface area contributed by atoms with E-state index in [9.17, 15) is 4.79 Å². The van der Waals surface area contributed by atoms with Crippen LogP contribution in [0.25, 0.3) is 0 Å². The Bertz CT molecular complexity index is 348. The van der Waals surface area contributed by atoms with Crippen LogP contribution in [0.15, 0.2) is 24.3 Å². The highest BCUT2D eigenvalue weighted by Gasteiger charge is 2.18. The second kappa shape index (κ2) is 7.04. The lowest BCUT2D eigenvalue weighted by molar-refractivity contribution is -0.139. The summed E-state index contributed by atoms with van der Waals surface area (Å²) in [6, 6.07) is 6.88. The third-order valence-electron chi connectivity index (χ3n) is 2.53. The van der Waals surface area contributed by atoms with E-state index in [-0.39, 0.29) is 0 Å². The predicted molar refractivity (Wildman–Crippen MR) is 66.1 cm³/mol. The molecule has 0 heterocycles. The van der Waals surface area contributed by atoms with Crippen molar-refractivity contribution < 1.29 is 14.6 Å². The monoisotopic (exact) mass is 237 g/mol. The van der Waals surface area contributed by atoms with Crippen LogP contribution in [0.4, 0.5) is 0 Å². The molecule has 4 heteroatoms. The number of aliphatic carboxylic acids is 1. The van der Waals surface area contributed by atoms with Gasteiger partial charge in [0.15, 0.2) is 0 Å². The molecule has 0 radical (unpaired) electrons. The molecule has 4 nitrogen and oxygen atoms in total. The number of carboxylic acids is 1. The molecular formula is C13H19NO3. The lowest BCUT2D eigenvalue weighted by Gasteiger charge is -2.14. The molecule has 0 aliphatic carbocycles. The van der Waals surface area contributed by atoms with E-state index in [0.29, 0.717) is 13.2 Å². The van der Waals surface area contributed by atoms with E-state index in [4.69, 9.17) is 9.84 Å². The van der Waals surface area contributed by atoms with Crippen LogP contribution < -0.4 is 5.32 Å². The summed E-state index contributed by atoms with van der Waals surface area (Å²) >= 11 is 0. The molecule has 2 N–H and O–H groups in total. The lowest BCUT2D eigenvalue weighted by Crippen LogP contribution is -2.29. The first-order valence-corrected chi connectivity index (χ1v) is 5.67. The maximum absolute atomic E-state index is 11.2. The van der Waals surface area contributed by atoms with E-state index in [1.807, 2.05) is 31.2 Å². The van der Waals surface area contributed by atoms with Crippen molar-refractivity contribution in [3.05, 3.63) is 35.4 Å². The molecule has 0 spiro atoms. The van der Waals surface area contributed by atoms with Crippen molar-refractivity contribution in [2.75, 3.05) is 20.3 Å². The fourth-order valence-electron chi connectivity index (χ4n) is 1.57. The fourth-order valence-corrected chi connectivity index (χ4v) is 1.57. The van der Waals surface area contributed by atoms with E-state index < -0.39 is 12.0 Å². The number of hydrogen-bond acceptors (Lipinski definition) is 3. The van der Waals surface area contributed by atoms with Gasteiger partial charge in [0, 0.05) is 13.7 Å². The van der Waals surface area contributed by atoms with Crippen molar-refractivity contribution in [2.45, 2.75) is 19.4 Å². The molecule has 1 unspecified atom stereocenters.